The first kappa shape index (κ1) is 9.65. The highest BCUT2D eigenvalue weighted by molar-refractivity contribution is 6.42. The van der Waals surface area contributed by atoms with Gasteiger partial charge in [0.25, 0.3) is 0 Å². The van der Waals surface area contributed by atoms with Gasteiger partial charge in [0.15, 0.2) is 0 Å². The first-order chi connectivity index (χ1) is 5.75. The Hall–Kier alpha value is -0.440. The van der Waals surface area contributed by atoms with Crippen LogP contribution in [0.25, 0.3) is 0 Å². The fraction of sp³-hybridized carbons (Fsp3) is 0.250. The van der Waals surface area contributed by atoms with Gasteiger partial charge in [-0.15, -0.1) is 0 Å². The van der Waals surface area contributed by atoms with Gasteiger partial charge in [0.1, 0.15) is 17.4 Å². The van der Waals surface area contributed by atoms with Gasteiger partial charge in [-0.1, -0.05) is 29.3 Å². The molecule has 0 amide bonds. The van der Waals surface area contributed by atoms with Crippen molar-refractivity contribution in [3.8, 4) is 5.75 Å². The molecule has 66 valence electrons. The van der Waals surface area contributed by atoms with E-state index < -0.39 is 0 Å². The van der Waals surface area contributed by atoms with E-state index in [9.17, 15) is 0 Å². The van der Waals surface area contributed by atoms with Crippen molar-refractivity contribution in [2.24, 2.45) is 5.73 Å². The molecular formula is C8H9Cl2NO. The molecule has 4 heteroatoms. The second-order valence-corrected chi connectivity index (χ2v) is 2.97. The topological polar surface area (TPSA) is 35.2 Å². The van der Waals surface area contributed by atoms with Crippen LogP contribution in [0.15, 0.2) is 18.2 Å². The van der Waals surface area contributed by atoms with Crippen LogP contribution in [0.3, 0.4) is 0 Å². The quantitative estimate of drug-likeness (QED) is 0.823. The molecule has 0 aliphatic rings. The molecule has 1 aromatic carbocycles. The molecule has 1 aromatic rings. The van der Waals surface area contributed by atoms with Crippen molar-refractivity contribution < 1.29 is 4.74 Å². The average molecular weight is 206 g/mol. The van der Waals surface area contributed by atoms with E-state index in [1.165, 1.54) is 0 Å². The third kappa shape index (κ3) is 2.27. The number of hydrogen-bond donors (Lipinski definition) is 1. The lowest BCUT2D eigenvalue weighted by atomic mass is 10.3. The molecule has 2 nitrogen and oxygen atoms in total. The largest absolute Gasteiger partial charge is 0.491 e. The Labute approximate surface area is 81.2 Å². The second kappa shape index (κ2) is 4.55. The lowest BCUT2D eigenvalue weighted by Crippen LogP contribution is -2.10. The highest BCUT2D eigenvalue weighted by atomic mass is 35.5. The first-order valence-corrected chi connectivity index (χ1v) is 4.28. The lowest BCUT2D eigenvalue weighted by Gasteiger charge is -2.06. The van der Waals surface area contributed by atoms with Crippen molar-refractivity contribution in [2.75, 3.05) is 13.2 Å². The Bertz CT molecular complexity index is 265. The van der Waals surface area contributed by atoms with Crippen molar-refractivity contribution in [3.63, 3.8) is 0 Å². The van der Waals surface area contributed by atoms with Gasteiger partial charge in [-0.2, -0.15) is 0 Å². The molecule has 0 aliphatic heterocycles. The molecule has 0 bridgehead atoms. The van der Waals surface area contributed by atoms with Crippen LogP contribution in [0, 0.1) is 0 Å². The predicted molar refractivity (Wildman–Crippen MR) is 51.0 cm³/mol. The minimum atomic E-state index is 0.438. The molecule has 0 saturated carbocycles. The molecule has 0 radical (unpaired) electrons. The summed E-state index contributed by atoms with van der Waals surface area (Å²) in [6, 6.07) is 5.24. The fourth-order valence-corrected chi connectivity index (χ4v) is 1.11. The van der Waals surface area contributed by atoms with Crippen LogP contribution in [-0.4, -0.2) is 13.2 Å². The van der Waals surface area contributed by atoms with Crippen LogP contribution in [-0.2, 0) is 0 Å². The SMILES string of the molecule is NCCOc1cccc(Cl)c1Cl. The van der Waals surface area contributed by atoms with Crippen LogP contribution in [0.5, 0.6) is 5.75 Å². The zero-order valence-corrected chi connectivity index (χ0v) is 7.90. The number of benzene rings is 1. The molecule has 0 saturated heterocycles. The summed E-state index contributed by atoms with van der Waals surface area (Å²) in [7, 11) is 0. The van der Waals surface area contributed by atoms with Crippen LogP contribution in [0.2, 0.25) is 10.0 Å². The van der Waals surface area contributed by atoms with E-state index in [1.807, 2.05) is 0 Å². The van der Waals surface area contributed by atoms with Crippen LogP contribution >= 0.6 is 23.2 Å². The molecule has 0 unspecified atom stereocenters. The molecule has 2 N–H and O–H groups in total. The smallest absolute Gasteiger partial charge is 0.139 e. The van der Waals surface area contributed by atoms with Crippen molar-refractivity contribution >= 4 is 23.2 Å². The zero-order valence-electron chi connectivity index (χ0n) is 6.39. The van der Waals surface area contributed by atoms with Gasteiger partial charge < -0.3 is 10.5 Å². The minimum Gasteiger partial charge on any atom is -0.491 e. The van der Waals surface area contributed by atoms with E-state index in [0.29, 0.717) is 28.9 Å². The molecule has 0 fully saturated rings. The van der Waals surface area contributed by atoms with Gasteiger partial charge in [0, 0.05) is 6.54 Å². The van der Waals surface area contributed by atoms with Crippen molar-refractivity contribution in [1.82, 2.24) is 0 Å². The molecule has 1 rings (SSSR count). The third-order valence-electron chi connectivity index (χ3n) is 1.29. The van der Waals surface area contributed by atoms with Gasteiger partial charge in [-0.25, -0.2) is 0 Å². The first-order valence-electron chi connectivity index (χ1n) is 3.52. The van der Waals surface area contributed by atoms with Crippen LogP contribution in [0.4, 0.5) is 0 Å². The molecule has 12 heavy (non-hydrogen) atoms. The van der Waals surface area contributed by atoms with E-state index in [1.54, 1.807) is 18.2 Å². The summed E-state index contributed by atoms with van der Waals surface area (Å²) >= 11 is 11.6. The summed E-state index contributed by atoms with van der Waals surface area (Å²) in [5, 5.41) is 0.929. The summed E-state index contributed by atoms with van der Waals surface area (Å²) in [6.07, 6.45) is 0. The summed E-state index contributed by atoms with van der Waals surface area (Å²) in [5.74, 6) is 0.578. The molecule has 0 atom stereocenters. The lowest BCUT2D eigenvalue weighted by molar-refractivity contribution is 0.328. The van der Waals surface area contributed by atoms with Crippen LogP contribution in [0.1, 0.15) is 0 Å². The third-order valence-corrected chi connectivity index (χ3v) is 2.09. The number of hydrogen-bond acceptors (Lipinski definition) is 2. The maximum absolute atomic E-state index is 5.83. The Morgan fingerprint density at radius 1 is 1.33 bits per heavy atom. The van der Waals surface area contributed by atoms with Crippen molar-refractivity contribution in [3.05, 3.63) is 28.2 Å². The zero-order chi connectivity index (χ0) is 8.97. The number of rotatable bonds is 3. The molecule has 0 spiro atoms. The Balaban J connectivity index is 2.78. The van der Waals surface area contributed by atoms with E-state index in [-0.39, 0.29) is 0 Å². The van der Waals surface area contributed by atoms with Crippen molar-refractivity contribution in [2.45, 2.75) is 0 Å². The average Bonchev–Trinajstić information content (AvgIpc) is 2.08. The highest BCUT2D eigenvalue weighted by Gasteiger charge is 2.03. The van der Waals surface area contributed by atoms with Gasteiger partial charge in [0.2, 0.25) is 0 Å². The standard InChI is InChI=1S/C8H9Cl2NO/c9-6-2-1-3-7(8(6)10)12-5-4-11/h1-3H,4-5,11H2. The number of ether oxygens (including phenoxy) is 1. The number of halogens is 2. The van der Waals surface area contributed by atoms with Gasteiger partial charge >= 0.3 is 0 Å². The van der Waals surface area contributed by atoms with E-state index in [2.05, 4.69) is 0 Å². The van der Waals surface area contributed by atoms with E-state index in [0.717, 1.165) is 0 Å². The highest BCUT2D eigenvalue weighted by Crippen LogP contribution is 2.31. The number of nitrogens with two attached hydrogens (primary N) is 1. The molecular weight excluding hydrogens is 197 g/mol. The molecule has 0 heterocycles. The minimum absolute atomic E-state index is 0.438. The van der Waals surface area contributed by atoms with E-state index in [4.69, 9.17) is 33.7 Å². The normalized spacial score (nSPS) is 9.92. The fourth-order valence-electron chi connectivity index (χ4n) is 0.764. The maximum atomic E-state index is 5.83. The Kier molecular flexibility index (Phi) is 3.66. The summed E-state index contributed by atoms with van der Waals surface area (Å²) in [5.41, 5.74) is 5.26. The van der Waals surface area contributed by atoms with Gasteiger partial charge in [-0.05, 0) is 12.1 Å². The Morgan fingerprint density at radius 3 is 2.75 bits per heavy atom. The second-order valence-electron chi connectivity index (χ2n) is 2.19. The molecule has 0 aliphatic carbocycles. The molecule has 0 aromatic heterocycles. The monoisotopic (exact) mass is 205 g/mol. The predicted octanol–water partition coefficient (Wildman–Crippen LogP) is 2.33. The maximum Gasteiger partial charge on any atom is 0.139 e. The van der Waals surface area contributed by atoms with Gasteiger partial charge in [0.05, 0.1) is 5.02 Å². The summed E-state index contributed by atoms with van der Waals surface area (Å²) in [6.45, 7) is 0.906. The van der Waals surface area contributed by atoms with E-state index >= 15 is 0 Å². The summed E-state index contributed by atoms with van der Waals surface area (Å²) in [4.78, 5) is 0. The Morgan fingerprint density at radius 2 is 2.08 bits per heavy atom. The van der Waals surface area contributed by atoms with Crippen molar-refractivity contribution in [1.29, 1.82) is 0 Å². The van der Waals surface area contributed by atoms with Crippen LogP contribution < -0.4 is 10.5 Å². The summed E-state index contributed by atoms with van der Waals surface area (Å²) < 4.78 is 5.23. The van der Waals surface area contributed by atoms with Gasteiger partial charge in [-0.3, -0.25) is 0 Å².